The molecule has 0 aliphatic heterocycles. The summed E-state index contributed by atoms with van der Waals surface area (Å²) in [5.41, 5.74) is 8.00. The first-order valence-electron chi connectivity index (χ1n) is 5.79. The van der Waals surface area contributed by atoms with Crippen LogP contribution in [0, 0.1) is 12.8 Å². The van der Waals surface area contributed by atoms with E-state index < -0.39 is 0 Å². The van der Waals surface area contributed by atoms with Gasteiger partial charge in [0.05, 0.1) is 10.2 Å². The standard InChI is InChI=1S/C12H18N4S/c1-7(2)9(4-13)16-12-11-10(14-6-15-12)8(3)5-17-11/h5-7,9H,4,13H2,1-3H3,(H,14,15,16). The lowest BCUT2D eigenvalue weighted by Crippen LogP contribution is -2.34. The molecule has 2 aromatic rings. The Labute approximate surface area is 105 Å². The van der Waals surface area contributed by atoms with Crippen molar-refractivity contribution in [1.29, 1.82) is 0 Å². The zero-order valence-corrected chi connectivity index (χ0v) is 11.2. The van der Waals surface area contributed by atoms with Crippen molar-refractivity contribution in [2.75, 3.05) is 11.9 Å². The average Bonchev–Trinajstić information content (AvgIpc) is 2.69. The molecule has 2 aromatic heterocycles. The third kappa shape index (κ3) is 2.40. The largest absolute Gasteiger partial charge is 0.365 e. The minimum absolute atomic E-state index is 0.246. The van der Waals surface area contributed by atoms with Crippen LogP contribution in [0.15, 0.2) is 11.7 Å². The maximum Gasteiger partial charge on any atom is 0.147 e. The van der Waals surface area contributed by atoms with Gasteiger partial charge in [-0.3, -0.25) is 0 Å². The van der Waals surface area contributed by atoms with Gasteiger partial charge in [-0.2, -0.15) is 0 Å². The second-order valence-electron chi connectivity index (χ2n) is 4.55. The van der Waals surface area contributed by atoms with Gasteiger partial charge < -0.3 is 11.1 Å². The summed E-state index contributed by atoms with van der Waals surface area (Å²) in [4.78, 5) is 8.63. The first-order chi connectivity index (χ1) is 8.13. The highest BCUT2D eigenvalue weighted by Crippen LogP contribution is 2.29. The van der Waals surface area contributed by atoms with Crippen LogP contribution in [0.2, 0.25) is 0 Å². The fourth-order valence-corrected chi connectivity index (χ4v) is 2.70. The molecule has 0 spiro atoms. The van der Waals surface area contributed by atoms with Gasteiger partial charge in [-0.25, -0.2) is 9.97 Å². The molecule has 1 unspecified atom stereocenters. The number of nitrogens with zero attached hydrogens (tertiary/aromatic N) is 2. The van der Waals surface area contributed by atoms with Crippen LogP contribution in [0.4, 0.5) is 5.82 Å². The maximum absolute atomic E-state index is 5.77. The Bertz CT molecular complexity index is 506. The zero-order valence-electron chi connectivity index (χ0n) is 10.4. The molecule has 0 aromatic carbocycles. The van der Waals surface area contributed by atoms with Gasteiger partial charge in [0, 0.05) is 12.6 Å². The van der Waals surface area contributed by atoms with Crippen LogP contribution >= 0.6 is 11.3 Å². The van der Waals surface area contributed by atoms with Crippen molar-refractivity contribution in [2.24, 2.45) is 11.7 Å². The van der Waals surface area contributed by atoms with E-state index in [9.17, 15) is 0 Å². The maximum atomic E-state index is 5.77. The smallest absolute Gasteiger partial charge is 0.147 e. The van der Waals surface area contributed by atoms with Crippen molar-refractivity contribution >= 4 is 27.4 Å². The summed E-state index contributed by atoms with van der Waals surface area (Å²) in [6, 6.07) is 0.246. The molecule has 0 radical (unpaired) electrons. The van der Waals surface area contributed by atoms with E-state index in [2.05, 4.69) is 41.4 Å². The second-order valence-corrected chi connectivity index (χ2v) is 5.43. The molecule has 2 rings (SSSR count). The van der Waals surface area contributed by atoms with E-state index in [-0.39, 0.29) is 6.04 Å². The topological polar surface area (TPSA) is 63.8 Å². The fraction of sp³-hybridized carbons (Fsp3) is 0.500. The lowest BCUT2D eigenvalue weighted by molar-refractivity contribution is 0.530. The SMILES string of the molecule is Cc1csc2c(NC(CN)C(C)C)ncnc12. The molecule has 0 amide bonds. The van der Waals surface area contributed by atoms with E-state index in [4.69, 9.17) is 5.73 Å². The van der Waals surface area contributed by atoms with Crippen molar-refractivity contribution in [3.8, 4) is 0 Å². The monoisotopic (exact) mass is 250 g/mol. The number of rotatable bonds is 4. The van der Waals surface area contributed by atoms with Crippen molar-refractivity contribution in [1.82, 2.24) is 9.97 Å². The van der Waals surface area contributed by atoms with Crippen LogP contribution in [-0.4, -0.2) is 22.6 Å². The molecule has 1 atom stereocenters. The Kier molecular flexibility index (Phi) is 3.59. The van der Waals surface area contributed by atoms with Gasteiger partial charge in [-0.15, -0.1) is 11.3 Å². The molecule has 17 heavy (non-hydrogen) atoms. The number of nitrogens with two attached hydrogens (primary N) is 1. The summed E-state index contributed by atoms with van der Waals surface area (Å²) < 4.78 is 1.11. The molecule has 0 aliphatic carbocycles. The first-order valence-corrected chi connectivity index (χ1v) is 6.66. The van der Waals surface area contributed by atoms with Crippen molar-refractivity contribution < 1.29 is 0 Å². The highest BCUT2D eigenvalue weighted by Gasteiger charge is 2.14. The van der Waals surface area contributed by atoms with Crippen LogP contribution in [0.1, 0.15) is 19.4 Å². The van der Waals surface area contributed by atoms with Crippen LogP contribution in [0.25, 0.3) is 10.2 Å². The Morgan fingerprint density at radius 2 is 2.18 bits per heavy atom. The van der Waals surface area contributed by atoms with E-state index in [0.717, 1.165) is 16.0 Å². The minimum atomic E-state index is 0.246. The predicted molar refractivity (Wildman–Crippen MR) is 73.5 cm³/mol. The molecule has 0 saturated carbocycles. The lowest BCUT2D eigenvalue weighted by atomic mass is 10.1. The number of nitrogens with one attached hydrogen (secondary N) is 1. The summed E-state index contributed by atoms with van der Waals surface area (Å²) in [5.74, 6) is 1.38. The van der Waals surface area contributed by atoms with E-state index in [1.165, 1.54) is 5.56 Å². The van der Waals surface area contributed by atoms with Gasteiger partial charge in [0.15, 0.2) is 0 Å². The molecular weight excluding hydrogens is 232 g/mol. The molecule has 0 saturated heterocycles. The van der Waals surface area contributed by atoms with Gasteiger partial charge in [-0.1, -0.05) is 13.8 Å². The number of hydrogen-bond donors (Lipinski definition) is 2. The average molecular weight is 250 g/mol. The summed E-state index contributed by atoms with van der Waals surface area (Å²) in [6.45, 7) is 6.98. The van der Waals surface area contributed by atoms with Gasteiger partial charge in [0.1, 0.15) is 12.1 Å². The van der Waals surface area contributed by atoms with Crippen LogP contribution in [0.3, 0.4) is 0 Å². The molecule has 5 heteroatoms. The minimum Gasteiger partial charge on any atom is -0.365 e. The van der Waals surface area contributed by atoms with E-state index >= 15 is 0 Å². The Balaban J connectivity index is 2.35. The molecule has 92 valence electrons. The summed E-state index contributed by atoms with van der Waals surface area (Å²) in [7, 11) is 0. The van der Waals surface area contributed by atoms with E-state index in [0.29, 0.717) is 12.5 Å². The van der Waals surface area contributed by atoms with Crippen molar-refractivity contribution in [3.63, 3.8) is 0 Å². The number of fused-ring (bicyclic) bond motifs is 1. The molecule has 0 bridgehead atoms. The number of anilines is 1. The number of aryl methyl sites for hydroxylation is 1. The van der Waals surface area contributed by atoms with Crippen molar-refractivity contribution in [2.45, 2.75) is 26.8 Å². The zero-order chi connectivity index (χ0) is 12.4. The van der Waals surface area contributed by atoms with Crippen molar-refractivity contribution in [3.05, 3.63) is 17.3 Å². The van der Waals surface area contributed by atoms with Gasteiger partial charge >= 0.3 is 0 Å². The first kappa shape index (κ1) is 12.3. The van der Waals surface area contributed by atoms with Gasteiger partial charge in [-0.05, 0) is 23.8 Å². The Hall–Kier alpha value is -1.20. The molecular formula is C12H18N4S. The highest BCUT2D eigenvalue weighted by molar-refractivity contribution is 7.18. The summed E-state index contributed by atoms with van der Waals surface area (Å²) >= 11 is 1.68. The van der Waals surface area contributed by atoms with Gasteiger partial charge in [0.2, 0.25) is 0 Å². The molecule has 0 aliphatic rings. The van der Waals surface area contributed by atoms with E-state index in [1.54, 1.807) is 17.7 Å². The Morgan fingerprint density at radius 3 is 2.82 bits per heavy atom. The van der Waals surface area contributed by atoms with Gasteiger partial charge in [0.25, 0.3) is 0 Å². The summed E-state index contributed by atoms with van der Waals surface area (Å²) in [6.07, 6.45) is 1.61. The highest BCUT2D eigenvalue weighted by atomic mass is 32.1. The molecule has 0 fully saturated rings. The fourth-order valence-electron chi connectivity index (χ4n) is 1.75. The molecule has 4 nitrogen and oxygen atoms in total. The number of thiophene rings is 1. The lowest BCUT2D eigenvalue weighted by Gasteiger charge is -2.21. The number of aromatic nitrogens is 2. The third-order valence-electron chi connectivity index (χ3n) is 2.91. The normalized spacial score (nSPS) is 13.2. The van der Waals surface area contributed by atoms with Crippen LogP contribution in [-0.2, 0) is 0 Å². The second kappa shape index (κ2) is 4.98. The molecule has 3 N–H and O–H groups in total. The predicted octanol–water partition coefficient (Wildman–Crippen LogP) is 2.39. The summed E-state index contributed by atoms with van der Waals surface area (Å²) in [5, 5.41) is 5.53. The van der Waals surface area contributed by atoms with E-state index in [1.807, 2.05) is 0 Å². The third-order valence-corrected chi connectivity index (χ3v) is 4.01. The van der Waals surface area contributed by atoms with Crippen LogP contribution < -0.4 is 11.1 Å². The quantitative estimate of drug-likeness (QED) is 0.874. The molecule has 2 heterocycles. The van der Waals surface area contributed by atoms with Crippen LogP contribution in [0.5, 0.6) is 0 Å². The number of hydrogen-bond acceptors (Lipinski definition) is 5. The Morgan fingerprint density at radius 1 is 1.41 bits per heavy atom.